The van der Waals surface area contributed by atoms with Crippen LogP contribution in [0.25, 0.3) is 11.0 Å². The first kappa shape index (κ1) is 15.8. The second-order valence-electron chi connectivity index (χ2n) is 3.06. The lowest BCUT2D eigenvalue weighted by Crippen LogP contribution is -2.10. The third kappa shape index (κ3) is 3.15. The van der Waals surface area contributed by atoms with Gasteiger partial charge < -0.3 is 20.3 Å². The van der Waals surface area contributed by atoms with Crippen molar-refractivity contribution < 1.29 is 9.26 Å². The van der Waals surface area contributed by atoms with Crippen molar-refractivity contribution in [2.75, 3.05) is 25.5 Å². The first-order chi connectivity index (χ1) is 7.36. The highest BCUT2D eigenvalue weighted by Gasteiger charge is 2.11. The SMILES string of the molecule is CNc1cccc2c(OCCN)noc12.Cl.Cl. The molecule has 0 atom stereocenters. The van der Waals surface area contributed by atoms with E-state index in [1.165, 1.54) is 0 Å². The zero-order valence-corrected chi connectivity index (χ0v) is 10.9. The van der Waals surface area contributed by atoms with Crippen LogP contribution < -0.4 is 15.8 Å². The lowest BCUT2D eigenvalue weighted by atomic mass is 10.2. The molecule has 17 heavy (non-hydrogen) atoms. The van der Waals surface area contributed by atoms with Gasteiger partial charge in [0.1, 0.15) is 6.61 Å². The van der Waals surface area contributed by atoms with Gasteiger partial charge >= 0.3 is 0 Å². The van der Waals surface area contributed by atoms with Crippen LogP contribution in [0.3, 0.4) is 0 Å². The molecule has 2 rings (SSSR count). The number of ether oxygens (including phenoxy) is 1. The average molecular weight is 280 g/mol. The van der Waals surface area contributed by atoms with E-state index in [0.717, 1.165) is 11.1 Å². The molecule has 0 radical (unpaired) electrons. The largest absolute Gasteiger partial charge is 0.474 e. The number of aromatic nitrogens is 1. The normalized spacial score (nSPS) is 9.29. The summed E-state index contributed by atoms with van der Waals surface area (Å²) in [6, 6.07) is 5.74. The van der Waals surface area contributed by atoms with Gasteiger partial charge in [0.05, 0.1) is 11.1 Å². The van der Waals surface area contributed by atoms with E-state index in [2.05, 4.69) is 10.5 Å². The molecule has 0 aliphatic carbocycles. The average Bonchev–Trinajstić information content (AvgIpc) is 2.69. The fourth-order valence-corrected chi connectivity index (χ4v) is 1.40. The van der Waals surface area contributed by atoms with Crippen molar-refractivity contribution in [1.82, 2.24) is 5.16 Å². The number of benzene rings is 1. The molecule has 0 fully saturated rings. The maximum atomic E-state index is 5.35. The van der Waals surface area contributed by atoms with Crippen molar-refractivity contribution >= 4 is 41.5 Å². The minimum atomic E-state index is 0. The molecule has 1 heterocycles. The number of fused-ring (bicyclic) bond motifs is 1. The van der Waals surface area contributed by atoms with E-state index in [1.807, 2.05) is 25.2 Å². The van der Waals surface area contributed by atoms with Crippen molar-refractivity contribution in [1.29, 1.82) is 0 Å². The molecule has 96 valence electrons. The summed E-state index contributed by atoms with van der Waals surface area (Å²) in [4.78, 5) is 0. The number of halogens is 2. The van der Waals surface area contributed by atoms with E-state index >= 15 is 0 Å². The van der Waals surface area contributed by atoms with E-state index < -0.39 is 0 Å². The summed E-state index contributed by atoms with van der Waals surface area (Å²) in [6.45, 7) is 0.894. The van der Waals surface area contributed by atoms with Crippen molar-refractivity contribution in [3.63, 3.8) is 0 Å². The van der Waals surface area contributed by atoms with E-state index in [0.29, 0.717) is 24.6 Å². The Kier molecular flexibility index (Phi) is 6.72. The Morgan fingerprint density at radius 1 is 1.41 bits per heavy atom. The number of nitrogens with zero attached hydrogens (tertiary/aromatic N) is 1. The van der Waals surface area contributed by atoms with Crippen LogP contribution in [0.2, 0.25) is 0 Å². The number of rotatable bonds is 4. The fourth-order valence-electron chi connectivity index (χ4n) is 1.40. The van der Waals surface area contributed by atoms with Crippen LogP contribution in [0.4, 0.5) is 5.69 Å². The Bertz CT molecular complexity index is 462. The molecule has 0 spiro atoms. The van der Waals surface area contributed by atoms with E-state index in [1.54, 1.807) is 0 Å². The van der Waals surface area contributed by atoms with Crippen molar-refractivity contribution in [2.45, 2.75) is 0 Å². The van der Waals surface area contributed by atoms with Gasteiger partial charge in [-0.1, -0.05) is 6.07 Å². The van der Waals surface area contributed by atoms with Gasteiger partial charge in [-0.3, -0.25) is 0 Å². The van der Waals surface area contributed by atoms with Gasteiger partial charge in [0.25, 0.3) is 5.88 Å². The summed E-state index contributed by atoms with van der Waals surface area (Å²) < 4.78 is 10.5. The van der Waals surface area contributed by atoms with Gasteiger partial charge in [0.15, 0.2) is 5.58 Å². The highest BCUT2D eigenvalue weighted by atomic mass is 35.5. The number of hydrogen-bond donors (Lipinski definition) is 2. The van der Waals surface area contributed by atoms with Crippen LogP contribution in [0, 0.1) is 0 Å². The van der Waals surface area contributed by atoms with E-state index in [-0.39, 0.29) is 24.8 Å². The minimum absolute atomic E-state index is 0. The van der Waals surface area contributed by atoms with Gasteiger partial charge in [-0.05, 0) is 17.3 Å². The summed E-state index contributed by atoms with van der Waals surface area (Å²) in [5.41, 5.74) is 6.94. The smallest absolute Gasteiger partial charge is 0.262 e. The summed E-state index contributed by atoms with van der Waals surface area (Å²) in [5, 5.41) is 7.73. The Morgan fingerprint density at radius 2 is 2.18 bits per heavy atom. The predicted octanol–water partition coefficient (Wildman–Crippen LogP) is 2.05. The van der Waals surface area contributed by atoms with Crippen molar-refractivity contribution in [3.05, 3.63) is 18.2 Å². The highest BCUT2D eigenvalue weighted by Crippen LogP contribution is 2.29. The molecule has 3 N–H and O–H groups in total. The van der Waals surface area contributed by atoms with Gasteiger partial charge in [-0.25, -0.2) is 0 Å². The lowest BCUT2D eigenvalue weighted by Gasteiger charge is -2.00. The van der Waals surface area contributed by atoms with E-state index in [4.69, 9.17) is 15.0 Å². The van der Waals surface area contributed by atoms with Gasteiger partial charge in [0, 0.05) is 13.6 Å². The topological polar surface area (TPSA) is 73.3 Å². The van der Waals surface area contributed by atoms with Crippen molar-refractivity contribution in [3.8, 4) is 5.88 Å². The minimum Gasteiger partial charge on any atom is -0.474 e. The summed E-state index contributed by atoms with van der Waals surface area (Å²) >= 11 is 0. The molecule has 0 bridgehead atoms. The van der Waals surface area contributed by atoms with Crippen LogP contribution in [-0.2, 0) is 0 Å². The number of para-hydroxylation sites is 1. The van der Waals surface area contributed by atoms with E-state index in [9.17, 15) is 0 Å². The van der Waals surface area contributed by atoms with Crippen LogP contribution in [0.5, 0.6) is 5.88 Å². The first-order valence-electron chi connectivity index (χ1n) is 4.76. The van der Waals surface area contributed by atoms with Crippen LogP contribution in [-0.4, -0.2) is 25.4 Å². The number of nitrogens with one attached hydrogen (secondary N) is 1. The second kappa shape index (κ2) is 7.21. The monoisotopic (exact) mass is 279 g/mol. The zero-order chi connectivity index (χ0) is 10.7. The number of nitrogens with two attached hydrogens (primary N) is 1. The molecule has 0 amide bonds. The maximum Gasteiger partial charge on any atom is 0.262 e. The molecule has 0 saturated heterocycles. The van der Waals surface area contributed by atoms with Crippen LogP contribution in [0.1, 0.15) is 0 Å². The quantitative estimate of drug-likeness (QED) is 0.896. The third-order valence-electron chi connectivity index (χ3n) is 2.09. The van der Waals surface area contributed by atoms with Gasteiger partial charge in [0.2, 0.25) is 0 Å². The number of anilines is 1. The molecule has 2 aromatic rings. The second-order valence-corrected chi connectivity index (χ2v) is 3.06. The maximum absolute atomic E-state index is 5.35. The Hall–Kier alpha value is -1.17. The molecule has 1 aromatic heterocycles. The molecule has 5 nitrogen and oxygen atoms in total. The molecule has 0 saturated carbocycles. The highest BCUT2D eigenvalue weighted by molar-refractivity contribution is 5.92. The standard InChI is InChI=1S/C10H13N3O2.2ClH/c1-12-8-4-2-3-7-9(8)15-13-10(7)14-6-5-11;;/h2-4,12H,5-6,11H2,1H3;2*1H. The Morgan fingerprint density at radius 3 is 2.82 bits per heavy atom. The van der Waals surface area contributed by atoms with Gasteiger partial charge in [-0.2, -0.15) is 0 Å². The molecule has 0 aliphatic rings. The van der Waals surface area contributed by atoms with Crippen LogP contribution >= 0.6 is 24.8 Å². The summed E-state index contributed by atoms with van der Waals surface area (Å²) in [5.74, 6) is 0.493. The first-order valence-corrected chi connectivity index (χ1v) is 4.76. The Balaban J connectivity index is 0.00000128. The molecular formula is C10H15Cl2N3O2. The zero-order valence-electron chi connectivity index (χ0n) is 9.30. The third-order valence-corrected chi connectivity index (χ3v) is 2.09. The summed E-state index contributed by atoms with van der Waals surface area (Å²) in [7, 11) is 1.83. The van der Waals surface area contributed by atoms with Crippen LogP contribution in [0.15, 0.2) is 22.7 Å². The number of hydrogen-bond acceptors (Lipinski definition) is 5. The fraction of sp³-hybridized carbons (Fsp3) is 0.300. The summed E-state index contributed by atoms with van der Waals surface area (Å²) in [6.07, 6.45) is 0. The van der Waals surface area contributed by atoms with Crippen molar-refractivity contribution in [2.24, 2.45) is 5.73 Å². The molecule has 1 aromatic carbocycles. The van der Waals surface area contributed by atoms with Gasteiger partial charge in [-0.15, -0.1) is 24.8 Å². The molecule has 0 aliphatic heterocycles. The lowest BCUT2D eigenvalue weighted by molar-refractivity contribution is 0.293. The molecule has 7 heteroatoms. The molecular weight excluding hydrogens is 265 g/mol. The molecule has 0 unspecified atom stereocenters. The Labute approximate surface area is 111 Å². The predicted molar refractivity (Wildman–Crippen MR) is 72.6 cm³/mol.